The summed E-state index contributed by atoms with van der Waals surface area (Å²) in [5.74, 6) is 0. The zero-order valence-corrected chi connectivity index (χ0v) is 11.9. The first-order valence-corrected chi connectivity index (χ1v) is 6.26. The average molecular weight is 288 g/mol. The van der Waals surface area contributed by atoms with Gasteiger partial charge >= 0.3 is 5.17 Å². The summed E-state index contributed by atoms with van der Waals surface area (Å²) in [6.45, 7) is 0. The van der Waals surface area contributed by atoms with Gasteiger partial charge in [0.05, 0.1) is 28.2 Å². The molecule has 0 spiro atoms. The molecule has 0 aliphatic rings. The van der Waals surface area contributed by atoms with Gasteiger partial charge in [0.1, 0.15) is 0 Å². The molecule has 15 heavy (non-hydrogen) atoms. The molecule has 0 N–H and O–H groups in total. The van der Waals surface area contributed by atoms with Crippen LogP contribution in [0.5, 0.6) is 0 Å². The number of thioether (sulfide) groups is 1. The van der Waals surface area contributed by atoms with Crippen LogP contribution in [0.1, 0.15) is 0 Å². The highest BCUT2D eigenvalue weighted by Crippen LogP contribution is 2.22. The van der Waals surface area contributed by atoms with Crippen LogP contribution in [0.2, 0.25) is 0 Å². The maximum Gasteiger partial charge on any atom is 0.312 e. The Morgan fingerprint density at radius 2 is 1.73 bits per heavy atom. The third kappa shape index (κ3) is 3.87. The Morgan fingerprint density at radius 3 is 2.13 bits per heavy atom. The summed E-state index contributed by atoms with van der Waals surface area (Å²) < 4.78 is 3.23. The van der Waals surface area contributed by atoms with Crippen LogP contribution in [0.15, 0.2) is 33.6 Å². The van der Waals surface area contributed by atoms with Gasteiger partial charge in [-0.15, -0.1) is 0 Å². The van der Waals surface area contributed by atoms with E-state index in [0.29, 0.717) is 0 Å². The Labute approximate surface area is 104 Å². The number of nitrogens with zero attached hydrogens (tertiary/aromatic N) is 2. The first kappa shape index (κ1) is 12.6. The van der Waals surface area contributed by atoms with E-state index in [1.54, 1.807) is 11.8 Å². The zero-order valence-electron chi connectivity index (χ0n) is 9.49. The molecule has 0 amide bonds. The molecule has 0 atom stereocenters. The van der Waals surface area contributed by atoms with Gasteiger partial charge in [0.2, 0.25) is 0 Å². The predicted molar refractivity (Wildman–Crippen MR) is 70.8 cm³/mol. The molecule has 0 aliphatic heterocycles. The summed E-state index contributed by atoms with van der Waals surface area (Å²) in [4.78, 5) is 3.36. The lowest BCUT2D eigenvalue weighted by Crippen LogP contribution is -2.26. The maximum atomic E-state index is 3.43. The van der Waals surface area contributed by atoms with E-state index in [0.717, 1.165) is 4.47 Å². The number of hydrogen-bond donors (Lipinski definition) is 0. The van der Waals surface area contributed by atoms with Crippen molar-refractivity contribution in [1.29, 1.82) is 0 Å². The van der Waals surface area contributed by atoms with Crippen molar-refractivity contribution >= 4 is 32.9 Å². The zero-order chi connectivity index (χ0) is 11.4. The molecular weight excluding hydrogens is 272 g/mol. The summed E-state index contributed by atoms with van der Waals surface area (Å²) >= 11 is 5.19. The van der Waals surface area contributed by atoms with Crippen molar-refractivity contribution in [3.05, 3.63) is 28.7 Å². The Bertz CT molecular complexity index is 353. The topological polar surface area (TPSA) is 6.25 Å². The van der Waals surface area contributed by atoms with Gasteiger partial charge < -0.3 is 0 Å². The second kappa shape index (κ2) is 5.56. The van der Waals surface area contributed by atoms with Crippen LogP contribution in [0, 0.1) is 0 Å². The lowest BCUT2D eigenvalue weighted by molar-refractivity contribution is -0.466. The first-order valence-electron chi connectivity index (χ1n) is 4.65. The minimum Gasteiger partial charge on any atom is -0.261 e. The third-order valence-corrected chi connectivity index (χ3v) is 3.74. The van der Waals surface area contributed by atoms with E-state index in [2.05, 4.69) is 77.9 Å². The molecule has 82 valence electrons. The highest BCUT2D eigenvalue weighted by Gasteiger charge is 2.13. The molecular formula is C11H16BrN2S+. The van der Waals surface area contributed by atoms with Crippen molar-refractivity contribution in [2.75, 3.05) is 28.2 Å². The molecule has 0 bridgehead atoms. The number of hydrogen-bond acceptors (Lipinski definition) is 1. The fourth-order valence-electron chi connectivity index (χ4n) is 1.19. The van der Waals surface area contributed by atoms with E-state index in [4.69, 9.17) is 0 Å². The molecule has 0 unspecified atom stereocenters. The second-order valence-corrected chi connectivity index (χ2v) is 5.58. The standard InChI is InChI=1S/C11H16BrN2S/c1-13(2)11(14(3)4)15-10-7-5-9(12)6-8-10/h5-8H,1-4H3/q+1. The quantitative estimate of drug-likeness (QED) is 0.339. The number of halogens is 1. The predicted octanol–water partition coefficient (Wildman–Crippen LogP) is 2.73. The lowest BCUT2D eigenvalue weighted by Gasteiger charge is -2.10. The Morgan fingerprint density at radius 1 is 1.20 bits per heavy atom. The Hall–Kier alpha value is -0.480. The fraction of sp³-hybridized carbons (Fsp3) is 0.364. The smallest absolute Gasteiger partial charge is 0.261 e. The van der Waals surface area contributed by atoms with Gasteiger partial charge in [-0.3, -0.25) is 9.48 Å². The third-order valence-electron chi connectivity index (χ3n) is 1.79. The van der Waals surface area contributed by atoms with E-state index >= 15 is 0 Å². The van der Waals surface area contributed by atoms with E-state index in [1.165, 1.54) is 10.1 Å². The monoisotopic (exact) mass is 287 g/mol. The molecule has 2 nitrogen and oxygen atoms in total. The fourth-order valence-corrected chi connectivity index (χ4v) is 2.30. The van der Waals surface area contributed by atoms with Crippen LogP contribution >= 0.6 is 27.7 Å². The molecule has 1 rings (SSSR count). The van der Waals surface area contributed by atoms with E-state index < -0.39 is 0 Å². The normalized spacial score (nSPS) is 9.93. The SMILES string of the molecule is CN(C)C(Sc1ccc(Br)cc1)=[N+](C)C. The summed E-state index contributed by atoms with van der Waals surface area (Å²) in [7, 11) is 8.23. The molecule has 0 fully saturated rings. The molecule has 0 heterocycles. The molecule has 0 radical (unpaired) electrons. The minimum absolute atomic E-state index is 1.11. The van der Waals surface area contributed by atoms with Gasteiger partial charge in [-0.05, 0) is 36.0 Å². The summed E-state index contributed by atoms with van der Waals surface area (Å²) in [5.41, 5.74) is 0. The molecule has 0 saturated heterocycles. The van der Waals surface area contributed by atoms with E-state index in [9.17, 15) is 0 Å². The minimum atomic E-state index is 1.11. The van der Waals surface area contributed by atoms with Crippen LogP contribution in [0.25, 0.3) is 0 Å². The summed E-state index contributed by atoms with van der Waals surface area (Å²) in [6.07, 6.45) is 0. The molecule has 0 saturated carbocycles. The van der Waals surface area contributed by atoms with Gasteiger partial charge in [-0.25, -0.2) is 0 Å². The maximum absolute atomic E-state index is 3.43. The van der Waals surface area contributed by atoms with Crippen LogP contribution in [0.3, 0.4) is 0 Å². The highest BCUT2D eigenvalue weighted by molar-refractivity contribution is 9.10. The van der Waals surface area contributed by atoms with Crippen LogP contribution in [-0.2, 0) is 0 Å². The van der Waals surface area contributed by atoms with Crippen molar-refractivity contribution in [1.82, 2.24) is 4.90 Å². The van der Waals surface area contributed by atoms with Crippen molar-refractivity contribution in [2.45, 2.75) is 4.90 Å². The molecule has 1 aromatic rings. The molecule has 1 aromatic carbocycles. The van der Waals surface area contributed by atoms with Crippen LogP contribution in [-0.4, -0.2) is 42.8 Å². The Kier molecular flexibility index (Phi) is 4.67. The molecule has 0 aliphatic carbocycles. The lowest BCUT2D eigenvalue weighted by atomic mass is 10.4. The van der Waals surface area contributed by atoms with Gasteiger partial charge in [0, 0.05) is 9.37 Å². The largest absolute Gasteiger partial charge is 0.312 e. The summed E-state index contributed by atoms with van der Waals surface area (Å²) in [5, 5.41) is 1.22. The van der Waals surface area contributed by atoms with Crippen molar-refractivity contribution < 1.29 is 4.58 Å². The molecule has 0 aromatic heterocycles. The van der Waals surface area contributed by atoms with Gasteiger partial charge in [-0.2, -0.15) is 0 Å². The van der Waals surface area contributed by atoms with Gasteiger partial charge in [-0.1, -0.05) is 15.9 Å². The number of amidine groups is 1. The van der Waals surface area contributed by atoms with Gasteiger partial charge in [0.25, 0.3) is 0 Å². The number of benzene rings is 1. The van der Waals surface area contributed by atoms with E-state index in [1.807, 2.05) is 0 Å². The second-order valence-electron chi connectivity index (χ2n) is 3.63. The van der Waals surface area contributed by atoms with Crippen molar-refractivity contribution in [3.63, 3.8) is 0 Å². The van der Waals surface area contributed by atoms with Crippen LogP contribution in [0.4, 0.5) is 0 Å². The van der Waals surface area contributed by atoms with Crippen molar-refractivity contribution in [2.24, 2.45) is 0 Å². The van der Waals surface area contributed by atoms with Crippen LogP contribution < -0.4 is 0 Å². The molecule has 4 heteroatoms. The number of rotatable bonds is 1. The first-order chi connectivity index (χ1) is 7.00. The van der Waals surface area contributed by atoms with Crippen molar-refractivity contribution in [3.8, 4) is 0 Å². The summed E-state index contributed by atoms with van der Waals surface area (Å²) in [6, 6.07) is 8.35. The Balaban J connectivity index is 2.85. The average Bonchev–Trinajstić information content (AvgIpc) is 2.15. The highest BCUT2D eigenvalue weighted by atomic mass is 79.9. The van der Waals surface area contributed by atoms with Gasteiger partial charge in [0.15, 0.2) is 0 Å². The van der Waals surface area contributed by atoms with E-state index in [-0.39, 0.29) is 0 Å².